The van der Waals surface area contributed by atoms with Crippen LogP contribution >= 0.6 is 0 Å². The maximum atomic E-state index is 13.2. The van der Waals surface area contributed by atoms with Crippen molar-refractivity contribution in [3.8, 4) is 5.69 Å². The van der Waals surface area contributed by atoms with E-state index >= 15 is 0 Å². The molecule has 3 heterocycles. The lowest BCUT2D eigenvalue weighted by Crippen LogP contribution is -2.39. The van der Waals surface area contributed by atoms with Crippen LogP contribution in [0, 0.1) is 0 Å². The molecule has 1 amide bonds. The molecule has 1 aromatic carbocycles. The van der Waals surface area contributed by atoms with E-state index in [2.05, 4.69) is 10.1 Å². The quantitative estimate of drug-likeness (QED) is 0.645. The number of aromatic nitrogens is 3. The summed E-state index contributed by atoms with van der Waals surface area (Å²) in [6, 6.07) is 15.3. The molecular weight excluding hydrogens is 368 g/mol. The molecule has 2 aromatic heterocycles. The molecular formula is C22H24N4O3. The second kappa shape index (κ2) is 8.14. The van der Waals surface area contributed by atoms with Gasteiger partial charge in [0.15, 0.2) is 5.79 Å². The number of ether oxygens (including phenoxy) is 2. The summed E-state index contributed by atoms with van der Waals surface area (Å²) in [6.07, 6.45) is 4.79. The van der Waals surface area contributed by atoms with E-state index in [4.69, 9.17) is 9.47 Å². The Morgan fingerprint density at radius 1 is 1.17 bits per heavy atom. The number of pyridine rings is 1. The zero-order valence-corrected chi connectivity index (χ0v) is 16.6. The van der Waals surface area contributed by atoms with Crippen molar-refractivity contribution in [1.29, 1.82) is 0 Å². The van der Waals surface area contributed by atoms with Crippen molar-refractivity contribution in [3.63, 3.8) is 0 Å². The molecule has 150 valence electrons. The number of nitrogens with zero attached hydrogens (tertiary/aromatic N) is 4. The van der Waals surface area contributed by atoms with Crippen molar-refractivity contribution in [2.24, 2.45) is 0 Å². The average Bonchev–Trinajstić information content (AvgIpc) is 3.34. The van der Waals surface area contributed by atoms with Crippen LogP contribution in [0.2, 0.25) is 0 Å². The molecule has 0 saturated carbocycles. The van der Waals surface area contributed by atoms with Gasteiger partial charge in [0.1, 0.15) is 6.10 Å². The minimum Gasteiger partial charge on any atom is -0.348 e. The third-order valence-electron chi connectivity index (χ3n) is 4.76. The molecule has 4 rings (SSSR count). The van der Waals surface area contributed by atoms with Gasteiger partial charge in [0.25, 0.3) is 5.91 Å². The number of rotatable bonds is 6. The van der Waals surface area contributed by atoms with Gasteiger partial charge in [-0.05, 0) is 44.2 Å². The van der Waals surface area contributed by atoms with Crippen LogP contribution in [0.15, 0.2) is 67.1 Å². The maximum absolute atomic E-state index is 13.2. The fourth-order valence-corrected chi connectivity index (χ4v) is 3.44. The van der Waals surface area contributed by atoms with Gasteiger partial charge in [-0.3, -0.25) is 9.78 Å². The molecule has 0 spiro atoms. The molecule has 1 saturated heterocycles. The van der Waals surface area contributed by atoms with Crippen LogP contribution < -0.4 is 0 Å². The second-order valence-electron chi connectivity index (χ2n) is 7.45. The van der Waals surface area contributed by atoms with Gasteiger partial charge >= 0.3 is 0 Å². The van der Waals surface area contributed by atoms with E-state index in [9.17, 15) is 4.79 Å². The summed E-state index contributed by atoms with van der Waals surface area (Å²) in [6.45, 7) is 5.01. The molecule has 1 aliphatic heterocycles. The van der Waals surface area contributed by atoms with Gasteiger partial charge in [-0.2, -0.15) is 5.10 Å². The van der Waals surface area contributed by atoms with E-state index in [1.165, 1.54) is 0 Å². The van der Waals surface area contributed by atoms with Crippen LogP contribution in [0.4, 0.5) is 0 Å². The molecule has 0 radical (unpaired) electrons. The van der Waals surface area contributed by atoms with Crippen LogP contribution in [0.5, 0.6) is 0 Å². The molecule has 1 aliphatic rings. The van der Waals surface area contributed by atoms with Gasteiger partial charge in [-0.1, -0.05) is 18.2 Å². The standard InChI is InChI=1S/C22H24N4O3/c1-22(2)28-16-20(29-22)15-25(21(27)17-7-6-11-23-13-17)14-19-10-12-24-26(19)18-8-4-3-5-9-18/h3-13,20H,14-16H2,1-2H3/t20-/m1/s1. The van der Waals surface area contributed by atoms with Gasteiger partial charge in [0.2, 0.25) is 0 Å². The Morgan fingerprint density at radius 3 is 2.69 bits per heavy atom. The summed E-state index contributed by atoms with van der Waals surface area (Å²) in [5, 5.41) is 4.44. The van der Waals surface area contributed by atoms with Gasteiger partial charge in [-0.25, -0.2) is 4.68 Å². The molecule has 29 heavy (non-hydrogen) atoms. The molecule has 7 heteroatoms. The number of carbonyl (C=O) groups is 1. The first-order chi connectivity index (χ1) is 14.0. The minimum absolute atomic E-state index is 0.104. The zero-order chi connectivity index (χ0) is 20.3. The second-order valence-corrected chi connectivity index (χ2v) is 7.45. The van der Waals surface area contributed by atoms with Crippen LogP contribution in [-0.2, 0) is 16.0 Å². The fourth-order valence-electron chi connectivity index (χ4n) is 3.44. The lowest BCUT2D eigenvalue weighted by Gasteiger charge is -2.26. The van der Waals surface area contributed by atoms with Crippen LogP contribution in [0.25, 0.3) is 5.69 Å². The van der Waals surface area contributed by atoms with Crippen molar-refractivity contribution >= 4 is 5.91 Å². The van der Waals surface area contributed by atoms with E-state index in [0.29, 0.717) is 25.3 Å². The molecule has 0 aliphatic carbocycles. The zero-order valence-electron chi connectivity index (χ0n) is 16.6. The first-order valence-electron chi connectivity index (χ1n) is 9.61. The summed E-state index contributed by atoms with van der Waals surface area (Å²) in [5.41, 5.74) is 2.39. The third kappa shape index (κ3) is 4.52. The van der Waals surface area contributed by atoms with Crippen molar-refractivity contribution in [2.75, 3.05) is 13.2 Å². The number of hydrogen-bond acceptors (Lipinski definition) is 5. The monoisotopic (exact) mass is 392 g/mol. The molecule has 0 unspecified atom stereocenters. The Bertz CT molecular complexity index is 956. The van der Waals surface area contributed by atoms with E-state index in [1.807, 2.05) is 54.9 Å². The molecule has 1 fully saturated rings. The van der Waals surface area contributed by atoms with Gasteiger partial charge in [0.05, 0.1) is 36.6 Å². The van der Waals surface area contributed by atoms with E-state index < -0.39 is 5.79 Å². The lowest BCUT2D eigenvalue weighted by atomic mass is 10.2. The molecule has 0 bridgehead atoms. The number of benzene rings is 1. The predicted octanol–water partition coefficient (Wildman–Crippen LogP) is 3.06. The van der Waals surface area contributed by atoms with Crippen molar-refractivity contribution in [1.82, 2.24) is 19.7 Å². The highest BCUT2D eigenvalue weighted by Crippen LogP contribution is 2.24. The fraction of sp³-hybridized carbons (Fsp3) is 0.318. The highest BCUT2D eigenvalue weighted by atomic mass is 16.7. The SMILES string of the molecule is CC1(C)OC[C@@H](CN(Cc2ccnn2-c2ccccc2)C(=O)c2cccnc2)O1. The first kappa shape index (κ1) is 19.3. The van der Waals surface area contributed by atoms with Crippen LogP contribution in [-0.4, -0.2) is 50.6 Å². The topological polar surface area (TPSA) is 69.5 Å². The molecule has 7 nitrogen and oxygen atoms in total. The highest BCUT2D eigenvalue weighted by molar-refractivity contribution is 5.93. The number of amides is 1. The largest absolute Gasteiger partial charge is 0.348 e. The number of hydrogen-bond donors (Lipinski definition) is 0. The maximum Gasteiger partial charge on any atom is 0.255 e. The highest BCUT2D eigenvalue weighted by Gasteiger charge is 2.35. The van der Waals surface area contributed by atoms with Crippen molar-refractivity contribution in [3.05, 3.63) is 78.4 Å². The Hall–Kier alpha value is -3.03. The van der Waals surface area contributed by atoms with Crippen LogP contribution in [0.1, 0.15) is 29.9 Å². The normalized spacial score (nSPS) is 17.9. The van der Waals surface area contributed by atoms with E-state index in [0.717, 1.165) is 11.4 Å². The average molecular weight is 392 g/mol. The molecule has 0 N–H and O–H groups in total. The Morgan fingerprint density at radius 2 is 2.00 bits per heavy atom. The first-order valence-corrected chi connectivity index (χ1v) is 9.61. The predicted molar refractivity (Wildman–Crippen MR) is 107 cm³/mol. The van der Waals surface area contributed by atoms with Gasteiger partial charge in [0, 0.05) is 18.6 Å². The van der Waals surface area contributed by atoms with E-state index in [-0.39, 0.29) is 12.0 Å². The molecule has 1 atom stereocenters. The molecule has 3 aromatic rings. The van der Waals surface area contributed by atoms with E-state index in [1.54, 1.807) is 35.6 Å². The van der Waals surface area contributed by atoms with Crippen LogP contribution in [0.3, 0.4) is 0 Å². The number of carbonyl (C=O) groups excluding carboxylic acids is 1. The van der Waals surface area contributed by atoms with Crippen molar-refractivity contribution in [2.45, 2.75) is 32.3 Å². The summed E-state index contributed by atoms with van der Waals surface area (Å²) >= 11 is 0. The Labute approximate surface area is 169 Å². The Balaban J connectivity index is 1.59. The smallest absolute Gasteiger partial charge is 0.255 e. The number of para-hydroxylation sites is 1. The lowest BCUT2D eigenvalue weighted by molar-refractivity contribution is -0.139. The summed E-state index contributed by atoms with van der Waals surface area (Å²) < 4.78 is 13.5. The van der Waals surface area contributed by atoms with Gasteiger partial charge < -0.3 is 14.4 Å². The minimum atomic E-state index is -0.639. The third-order valence-corrected chi connectivity index (χ3v) is 4.76. The van der Waals surface area contributed by atoms with Gasteiger partial charge in [-0.15, -0.1) is 0 Å². The summed E-state index contributed by atoms with van der Waals surface area (Å²) in [5.74, 6) is -0.744. The Kier molecular flexibility index (Phi) is 5.42. The summed E-state index contributed by atoms with van der Waals surface area (Å²) in [4.78, 5) is 19.1. The summed E-state index contributed by atoms with van der Waals surface area (Å²) in [7, 11) is 0. The van der Waals surface area contributed by atoms with Crippen molar-refractivity contribution < 1.29 is 14.3 Å².